The van der Waals surface area contributed by atoms with Crippen LogP contribution in [0.3, 0.4) is 0 Å². The van der Waals surface area contributed by atoms with Crippen molar-refractivity contribution in [3.63, 3.8) is 0 Å². The minimum absolute atomic E-state index is 0.198. The Bertz CT molecular complexity index is 877. The number of piperazine rings is 1. The van der Waals surface area contributed by atoms with Gasteiger partial charge in [-0.3, -0.25) is 4.90 Å². The fraction of sp³-hybridized carbons (Fsp3) is 0.250. The molecular formula is C24H25ClN2O. The highest BCUT2D eigenvalue weighted by atomic mass is 35.5. The average molecular weight is 393 g/mol. The minimum atomic E-state index is 0.198. The van der Waals surface area contributed by atoms with Gasteiger partial charge in [0.2, 0.25) is 0 Å². The summed E-state index contributed by atoms with van der Waals surface area (Å²) in [6, 6.07) is 27.1. The van der Waals surface area contributed by atoms with Crippen molar-refractivity contribution in [1.29, 1.82) is 0 Å². The van der Waals surface area contributed by atoms with Gasteiger partial charge in [0.15, 0.2) is 0 Å². The van der Waals surface area contributed by atoms with Gasteiger partial charge in [-0.15, -0.1) is 0 Å². The van der Waals surface area contributed by atoms with Crippen LogP contribution in [0.4, 0.5) is 0 Å². The summed E-state index contributed by atoms with van der Waals surface area (Å²) >= 11 is 6.29. The van der Waals surface area contributed by atoms with Crippen LogP contribution in [0.25, 0.3) is 0 Å². The first-order valence-corrected chi connectivity index (χ1v) is 10.1. The highest BCUT2D eigenvalue weighted by Gasteiger charge is 2.24. The summed E-state index contributed by atoms with van der Waals surface area (Å²) in [5.41, 5.74) is 3.66. The van der Waals surface area contributed by atoms with E-state index in [9.17, 15) is 0 Å². The van der Waals surface area contributed by atoms with Gasteiger partial charge in [0.05, 0.1) is 6.04 Å². The quantitative estimate of drug-likeness (QED) is 0.644. The second kappa shape index (κ2) is 9.24. The van der Waals surface area contributed by atoms with E-state index >= 15 is 0 Å². The standard InChI is InChI=1S/C24H25ClN2O/c25-22-8-4-7-21(17-22)24(27-15-13-26-14-16-27)20-9-11-23(12-10-20)28-18-19-5-2-1-3-6-19/h1-12,17,24,26H,13-16,18H2. The number of rotatable bonds is 6. The van der Waals surface area contributed by atoms with Crippen LogP contribution in [-0.2, 0) is 6.61 Å². The van der Waals surface area contributed by atoms with Gasteiger partial charge in [0.25, 0.3) is 0 Å². The van der Waals surface area contributed by atoms with E-state index in [-0.39, 0.29) is 6.04 Å². The molecule has 0 amide bonds. The molecule has 4 rings (SSSR count). The van der Waals surface area contributed by atoms with E-state index in [0.717, 1.165) is 37.0 Å². The maximum absolute atomic E-state index is 6.29. The van der Waals surface area contributed by atoms with E-state index in [1.165, 1.54) is 16.7 Å². The van der Waals surface area contributed by atoms with Gasteiger partial charge in [-0.2, -0.15) is 0 Å². The molecule has 0 saturated carbocycles. The maximum Gasteiger partial charge on any atom is 0.119 e. The molecule has 0 radical (unpaired) electrons. The highest BCUT2D eigenvalue weighted by Crippen LogP contribution is 2.31. The number of halogens is 1. The van der Waals surface area contributed by atoms with E-state index in [1.54, 1.807) is 0 Å². The maximum atomic E-state index is 6.29. The van der Waals surface area contributed by atoms with Crippen LogP contribution in [0.1, 0.15) is 22.7 Å². The molecule has 3 aromatic carbocycles. The largest absolute Gasteiger partial charge is 0.489 e. The molecule has 0 aliphatic carbocycles. The second-order valence-electron chi connectivity index (χ2n) is 7.09. The summed E-state index contributed by atoms with van der Waals surface area (Å²) in [4.78, 5) is 2.52. The number of nitrogens with one attached hydrogen (secondary N) is 1. The summed E-state index contributed by atoms with van der Waals surface area (Å²) in [6.45, 7) is 4.63. The molecule has 28 heavy (non-hydrogen) atoms. The fourth-order valence-electron chi connectivity index (χ4n) is 3.72. The number of hydrogen-bond donors (Lipinski definition) is 1. The van der Waals surface area contributed by atoms with Crippen molar-refractivity contribution >= 4 is 11.6 Å². The summed E-state index contributed by atoms with van der Waals surface area (Å²) < 4.78 is 5.95. The first-order chi connectivity index (χ1) is 13.8. The average Bonchev–Trinajstić information content (AvgIpc) is 2.75. The van der Waals surface area contributed by atoms with Crippen molar-refractivity contribution in [2.75, 3.05) is 26.2 Å². The Hall–Kier alpha value is -2.33. The van der Waals surface area contributed by atoms with Gasteiger partial charge in [-0.1, -0.05) is 66.2 Å². The summed E-state index contributed by atoms with van der Waals surface area (Å²) in [5, 5.41) is 4.22. The molecule has 1 N–H and O–H groups in total. The minimum Gasteiger partial charge on any atom is -0.489 e. The number of benzene rings is 3. The molecule has 0 aromatic heterocycles. The molecule has 3 aromatic rings. The van der Waals surface area contributed by atoms with Crippen molar-refractivity contribution in [3.8, 4) is 5.75 Å². The monoisotopic (exact) mass is 392 g/mol. The zero-order chi connectivity index (χ0) is 19.2. The Kier molecular flexibility index (Phi) is 6.27. The van der Waals surface area contributed by atoms with Crippen LogP contribution in [0.2, 0.25) is 5.02 Å². The van der Waals surface area contributed by atoms with Crippen molar-refractivity contribution in [3.05, 3.63) is 101 Å². The summed E-state index contributed by atoms with van der Waals surface area (Å²) in [5.74, 6) is 0.887. The second-order valence-corrected chi connectivity index (χ2v) is 7.52. The third-order valence-electron chi connectivity index (χ3n) is 5.13. The molecule has 0 spiro atoms. The molecule has 144 valence electrons. The van der Waals surface area contributed by atoms with Gasteiger partial charge in [0.1, 0.15) is 12.4 Å². The van der Waals surface area contributed by atoms with E-state index < -0.39 is 0 Å². The van der Waals surface area contributed by atoms with Crippen LogP contribution in [0.15, 0.2) is 78.9 Å². The van der Waals surface area contributed by atoms with Crippen LogP contribution < -0.4 is 10.1 Å². The van der Waals surface area contributed by atoms with E-state index in [0.29, 0.717) is 6.61 Å². The van der Waals surface area contributed by atoms with Crippen molar-refractivity contribution in [2.45, 2.75) is 12.6 Å². The lowest BCUT2D eigenvalue weighted by molar-refractivity contribution is 0.198. The van der Waals surface area contributed by atoms with E-state index in [2.05, 4.69) is 58.7 Å². The number of ether oxygens (including phenoxy) is 1. The molecule has 1 atom stereocenters. The van der Waals surface area contributed by atoms with E-state index in [4.69, 9.17) is 16.3 Å². The third kappa shape index (κ3) is 4.74. The predicted octanol–water partition coefficient (Wildman–Crippen LogP) is 4.91. The highest BCUT2D eigenvalue weighted by molar-refractivity contribution is 6.30. The third-order valence-corrected chi connectivity index (χ3v) is 5.36. The fourth-order valence-corrected chi connectivity index (χ4v) is 3.92. The van der Waals surface area contributed by atoms with Gasteiger partial charge in [0, 0.05) is 31.2 Å². The molecule has 1 fully saturated rings. The molecule has 1 aliphatic rings. The SMILES string of the molecule is Clc1cccc(C(c2ccc(OCc3ccccc3)cc2)N2CCNCC2)c1. The lowest BCUT2D eigenvalue weighted by Gasteiger charge is -2.35. The van der Waals surface area contributed by atoms with Gasteiger partial charge >= 0.3 is 0 Å². The Balaban J connectivity index is 1.54. The molecule has 3 nitrogen and oxygen atoms in total. The molecule has 1 unspecified atom stereocenters. The smallest absolute Gasteiger partial charge is 0.119 e. The van der Waals surface area contributed by atoms with Crippen molar-refractivity contribution in [2.24, 2.45) is 0 Å². The van der Waals surface area contributed by atoms with Gasteiger partial charge in [-0.05, 0) is 41.0 Å². The van der Waals surface area contributed by atoms with Crippen LogP contribution in [0.5, 0.6) is 5.75 Å². The lowest BCUT2D eigenvalue weighted by atomic mass is 9.96. The van der Waals surface area contributed by atoms with E-state index in [1.807, 2.05) is 30.3 Å². The Morgan fingerprint density at radius 2 is 1.61 bits per heavy atom. The zero-order valence-corrected chi connectivity index (χ0v) is 16.6. The van der Waals surface area contributed by atoms with Gasteiger partial charge in [-0.25, -0.2) is 0 Å². The zero-order valence-electron chi connectivity index (χ0n) is 15.9. The number of hydrogen-bond acceptors (Lipinski definition) is 3. The molecule has 1 saturated heterocycles. The summed E-state index contributed by atoms with van der Waals surface area (Å²) in [6.07, 6.45) is 0. The summed E-state index contributed by atoms with van der Waals surface area (Å²) in [7, 11) is 0. The van der Waals surface area contributed by atoms with Crippen LogP contribution in [0, 0.1) is 0 Å². The molecule has 1 aliphatic heterocycles. The van der Waals surface area contributed by atoms with Crippen molar-refractivity contribution < 1.29 is 4.74 Å². The molecule has 0 bridgehead atoms. The molecule has 4 heteroatoms. The molecular weight excluding hydrogens is 368 g/mol. The predicted molar refractivity (Wildman–Crippen MR) is 115 cm³/mol. The first kappa shape index (κ1) is 19.0. The van der Waals surface area contributed by atoms with Gasteiger partial charge < -0.3 is 10.1 Å². The topological polar surface area (TPSA) is 24.5 Å². The Morgan fingerprint density at radius 1 is 0.857 bits per heavy atom. The van der Waals surface area contributed by atoms with Crippen LogP contribution in [-0.4, -0.2) is 31.1 Å². The van der Waals surface area contributed by atoms with Crippen LogP contribution >= 0.6 is 11.6 Å². The Morgan fingerprint density at radius 3 is 2.32 bits per heavy atom. The Labute approximate surface area is 171 Å². The molecule has 1 heterocycles. The van der Waals surface area contributed by atoms with Crippen molar-refractivity contribution in [1.82, 2.24) is 10.2 Å². The normalized spacial score (nSPS) is 15.9. The lowest BCUT2D eigenvalue weighted by Crippen LogP contribution is -2.45. The first-order valence-electron chi connectivity index (χ1n) is 9.76. The number of nitrogens with zero attached hydrogens (tertiary/aromatic N) is 1.